The molecule has 0 heterocycles. The van der Waals surface area contributed by atoms with Gasteiger partial charge in [-0.05, 0) is 88.2 Å². The third-order valence-electron chi connectivity index (χ3n) is 10.7. The summed E-state index contributed by atoms with van der Waals surface area (Å²) in [6.07, 6.45) is 0. The van der Waals surface area contributed by atoms with Crippen LogP contribution in [0, 0.1) is 0 Å². The summed E-state index contributed by atoms with van der Waals surface area (Å²) < 4.78 is 13.8. The molecular formula is C52H36O2. The number of rotatable bonds is 8. The molecule has 0 aromatic heterocycles. The molecule has 0 amide bonds. The van der Waals surface area contributed by atoms with Crippen LogP contribution in [-0.4, -0.2) is 0 Å². The first-order chi connectivity index (χ1) is 26.8. The molecule has 10 aromatic rings. The molecule has 0 N–H and O–H groups in total. The summed E-state index contributed by atoms with van der Waals surface area (Å²) in [7, 11) is 0. The molecule has 0 aliphatic heterocycles. The summed E-state index contributed by atoms with van der Waals surface area (Å²) in [4.78, 5) is 0. The van der Waals surface area contributed by atoms with Crippen LogP contribution in [0.1, 0.15) is 11.1 Å². The van der Waals surface area contributed by atoms with E-state index in [0.29, 0.717) is 13.2 Å². The summed E-state index contributed by atoms with van der Waals surface area (Å²) in [5, 5.41) is 11.9. The highest BCUT2D eigenvalue weighted by molar-refractivity contribution is 6.09. The van der Waals surface area contributed by atoms with Gasteiger partial charge in [-0.25, -0.2) is 0 Å². The fourth-order valence-electron chi connectivity index (χ4n) is 8.24. The number of ether oxygens (including phenoxy) is 2. The molecule has 0 aliphatic carbocycles. The first-order valence-corrected chi connectivity index (χ1v) is 18.5. The Morgan fingerprint density at radius 3 is 1.09 bits per heavy atom. The highest BCUT2D eigenvalue weighted by atomic mass is 16.5. The van der Waals surface area contributed by atoms with Crippen LogP contribution < -0.4 is 9.47 Å². The third-order valence-corrected chi connectivity index (χ3v) is 10.7. The van der Waals surface area contributed by atoms with E-state index < -0.39 is 0 Å². The molecule has 2 nitrogen and oxygen atoms in total. The van der Waals surface area contributed by atoms with Crippen molar-refractivity contribution in [3.63, 3.8) is 0 Å². The Balaban J connectivity index is 1.04. The lowest BCUT2D eigenvalue weighted by atomic mass is 9.93. The van der Waals surface area contributed by atoms with Gasteiger partial charge in [0.15, 0.2) is 0 Å². The van der Waals surface area contributed by atoms with Crippen molar-refractivity contribution in [2.75, 3.05) is 0 Å². The van der Waals surface area contributed by atoms with Crippen molar-refractivity contribution in [3.05, 3.63) is 205 Å². The average Bonchev–Trinajstić information content (AvgIpc) is 3.24. The summed E-state index contributed by atoms with van der Waals surface area (Å²) >= 11 is 0. The summed E-state index contributed by atoms with van der Waals surface area (Å²) in [6, 6.07) is 68.9. The monoisotopic (exact) mass is 692 g/mol. The largest absolute Gasteiger partial charge is 0.488 e. The second-order valence-corrected chi connectivity index (χ2v) is 13.9. The van der Waals surface area contributed by atoms with Gasteiger partial charge in [0.1, 0.15) is 24.7 Å². The Morgan fingerprint density at radius 2 is 0.630 bits per heavy atom. The van der Waals surface area contributed by atoms with Crippen molar-refractivity contribution >= 4 is 53.9 Å². The van der Waals surface area contributed by atoms with Crippen molar-refractivity contribution in [3.8, 4) is 33.8 Å². The van der Waals surface area contributed by atoms with Gasteiger partial charge in [-0.2, -0.15) is 0 Å². The molecule has 0 saturated heterocycles. The zero-order valence-electron chi connectivity index (χ0n) is 29.7. The molecule has 0 aliphatic rings. The van der Waals surface area contributed by atoms with Crippen molar-refractivity contribution in [2.45, 2.75) is 13.2 Å². The first-order valence-electron chi connectivity index (χ1n) is 18.5. The van der Waals surface area contributed by atoms with E-state index in [9.17, 15) is 0 Å². The number of benzene rings is 10. The van der Waals surface area contributed by atoms with Crippen LogP contribution in [0.3, 0.4) is 0 Å². The van der Waals surface area contributed by atoms with E-state index in [1.807, 2.05) is 0 Å². The van der Waals surface area contributed by atoms with Gasteiger partial charge in [0.2, 0.25) is 0 Å². The molecule has 0 bridgehead atoms. The van der Waals surface area contributed by atoms with Crippen LogP contribution in [0.15, 0.2) is 194 Å². The van der Waals surface area contributed by atoms with Crippen molar-refractivity contribution in [1.82, 2.24) is 0 Å². The molecule has 10 aromatic carbocycles. The predicted octanol–water partition coefficient (Wildman–Crippen LogP) is 13.9. The van der Waals surface area contributed by atoms with Gasteiger partial charge in [0, 0.05) is 11.1 Å². The van der Waals surface area contributed by atoms with E-state index in [0.717, 1.165) is 39.1 Å². The van der Waals surface area contributed by atoms with E-state index in [2.05, 4.69) is 194 Å². The average molecular weight is 693 g/mol. The second-order valence-electron chi connectivity index (χ2n) is 13.9. The normalized spacial score (nSPS) is 11.5. The molecular weight excluding hydrogens is 657 g/mol. The highest BCUT2D eigenvalue weighted by Crippen LogP contribution is 2.43. The fraction of sp³-hybridized carbons (Fsp3) is 0.0385. The van der Waals surface area contributed by atoms with Crippen LogP contribution in [-0.2, 0) is 13.2 Å². The van der Waals surface area contributed by atoms with Gasteiger partial charge in [-0.15, -0.1) is 0 Å². The topological polar surface area (TPSA) is 18.5 Å². The predicted molar refractivity (Wildman–Crippen MR) is 226 cm³/mol. The fourth-order valence-corrected chi connectivity index (χ4v) is 8.24. The molecule has 0 spiro atoms. The van der Waals surface area contributed by atoms with E-state index in [4.69, 9.17) is 9.47 Å². The van der Waals surface area contributed by atoms with Gasteiger partial charge in [-0.3, -0.25) is 0 Å². The van der Waals surface area contributed by atoms with Crippen LogP contribution in [0.4, 0.5) is 0 Å². The Kier molecular flexibility index (Phi) is 8.00. The van der Waals surface area contributed by atoms with E-state index in [1.165, 1.54) is 59.6 Å². The SMILES string of the molecule is c1ccc2c(-c3c(OCc4cccc5cccc(COc6ccc7ccccc7c6-c6cccc7ccccc67)c45)ccc4ccccc34)cccc2c1. The van der Waals surface area contributed by atoms with E-state index in [-0.39, 0.29) is 0 Å². The summed E-state index contributed by atoms with van der Waals surface area (Å²) in [5.74, 6) is 1.73. The van der Waals surface area contributed by atoms with Gasteiger partial charge in [0.05, 0.1) is 0 Å². The Bertz CT molecular complexity index is 2800. The van der Waals surface area contributed by atoms with Crippen LogP contribution in [0.25, 0.3) is 76.1 Å². The van der Waals surface area contributed by atoms with E-state index in [1.54, 1.807) is 0 Å². The summed E-state index contributed by atoms with van der Waals surface area (Å²) in [5.41, 5.74) is 6.82. The number of hydrogen-bond acceptors (Lipinski definition) is 2. The standard InChI is InChI=1S/C52H36O2/c1-5-23-42-35(13-1)17-11-27-46(42)51-44-25-7-3-15-37(44)29-31-48(51)53-33-40-21-9-19-39-20-10-22-41(50(39)40)34-54-49-32-30-38-16-4-8-26-45(38)52(49)47-28-12-18-36-14-2-6-24-43(36)47/h1-32H,33-34H2. The molecule has 54 heavy (non-hydrogen) atoms. The van der Waals surface area contributed by atoms with Gasteiger partial charge in [-0.1, -0.05) is 182 Å². The van der Waals surface area contributed by atoms with Crippen LogP contribution in [0.5, 0.6) is 11.5 Å². The van der Waals surface area contributed by atoms with Gasteiger partial charge >= 0.3 is 0 Å². The Labute approximate surface area is 314 Å². The Morgan fingerprint density at radius 1 is 0.278 bits per heavy atom. The van der Waals surface area contributed by atoms with Crippen LogP contribution in [0.2, 0.25) is 0 Å². The quantitative estimate of drug-likeness (QED) is 0.158. The molecule has 0 fully saturated rings. The van der Waals surface area contributed by atoms with Gasteiger partial charge in [0.25, 0.3) is 0 Å². The molecule has 10 rings (SSSR count). The minimum atomic E-state index is 0.418. The van der Waals surface area contributed by atoms with Gasteiger partial charge < -0.3 is 9.47 Å². The van der Waals surface area contributed by atoms with Crippen LogP contribution >= 0.6 is 0 Å². The molecule has 256 valence electrons. The maximum atomic E-state index is 6.89. The maximum absolute atomic E-state index is 6.89. The lowest BCUT2D eigenvalue weighted by molar-refractivity contribution is 0.305. The molecule has 0 unspecified atom stereocenters. The minimum absolute atomic E-state index is 0.418. The smallest absolute Gasteiger partial charge is 0.128 e. The first kappa shape index (κ1) is 31.8. The molecule has 0 saturated carbocycles. The lowest BCUT2D eigenvalue weighted by Crippen LogP contribution is -2.03. The van der Waals surface area contributed by atoms with Crippen molar-refractivity contribution < 1.29 is 9.47 Å². The Hall–Kier alpha value is -6.90. The summed E-state index contributed by atoms with van der Waals surface area (Å²) in [6.45, 7) is 0.837. The zero-order chi connectivity index (χ0) is 35.8. The zero-order valence-corrected chi connectivity index (χ0v) is 29.7. The number of hydrogen-bond donors (Lipinski definition) is 0. The second kappa shape index (κ2) is 13.6. The lowest BCUT2D eigenvalue weighted by Gasteiger charge is -2.19. The minimum Gasteiger partial charge on any atom is -0.488 e. The third kappa shape index (κ3) is 5.60. The van der Waals surface area contributed by atoms with Crippen molar-refractivity contribution in [1.29, 1.82) is 0 Å². The molecule has 0 radical (unpaired) electrons. The number of fused-ring (bicyclic) bond motifs is 5. The highest BCUT2D eigenvalue weighted by Gasteiger charge is 2.17. The molecule has 0 atom stereocenters. The van der Waals surface area contributed by atoms with E-state index >= 15 is 0 Å². The molecule has 2 heteroatoms. The maximum Gasteiger partial charge on any atom is 0.128 e. The van der Waals surface area contributed by atoms with Crippen molar-refractivity contribution in [2.24, 2.45) is 0 Å².